The lowest BCUT2D eigenvalue weighted by Crippen LogP contribution is -2.57. The van der Waals surface area contributed by atoms with Gasteiger partial charge >= 0.3 is 5.97 Å². The Morgan fingerprint density at radius 2 is 2.20 bits per heavy atom. The van der Waals surface area contributed by atoms with Crippen LogP contribution in [0.15, 0.2) is 0 Å². The lowest BCUT2D eigenvalue weighted by Gasteiger charge is -2.39. The van der Waals surface area contributed by atoms with Gasteiger partial charge in [-0.1, -0.05) is 6.92 Å². The summed E-state index contributed by atoms with van der Waals surface area (Å²) in [5.41, 5.74) is 5.70. The van der Waals surface area contributed by atoms with Gasteiger partial charge in [-0.25, -0.2) is 4.79 Å². The van der Waals surface area contributed by atoms with Crippen LogP contribution < -0.4 is 5.73 Å². The molecular formula is C10H16N2O3. The molecule has 0 aromatic carbocycles. The highest BCUT2D eigenvalue weighted by atomic mass is 16.4. The van der Waals surface area contributed by atoms with Gasteiger partial charge in [0, 0.05) is 6.04 Å². The van der Waals surface area contributed by atoms with Crippen LogP contribution in [-0.4, -0.2) is 40.0 Å². The number of hydrogen-bond donors (Lipinski definition) is 2. The number of carboxylic acid groups (broad SMARTS) is 1. The van der Waals surface area contributed by atoms with E-state index < -0.39 is 18.1 Å². The quantitative estimate of drug-likeness (QED) is 0.630. The molecular weight excluding hydrogens is 196 g/mol. The Morgan fingerprint density at radius 3 is 2.80 bits per heavy atom. The van der Waals surface area contributed by atoms with E-state index in [4.69, 9.17) is 10.8 Å². The van der Waals surface area contributed by atoms with Crippen LogP contribution >= 0.6 is 0 Å². The molecule has 2 rings (SSSR count). The van der Waals surface area contributed by atoms with Gasteiger partial charge in [0.2, 0.25) is 5.91 Å². The highest BCUT2D eigenvalue weighted by Crippen LogP contribution is 2.35. The smallest absolute Gasteiger partial charge is 0.326 e. The van der Waals surface area contributed by atoms with Crippen molar-refractivity contribution in [2.75, 3.05) is 0 Å². The standard InChI is InChI=1S/C10H16N2O3/c1-5-4-6(11)9(13)12-7(5)2-3-8(12)10(14)15/h5-8H,2-4,11H2,1H3,(H,14,15)/t5?,6-,7?,8-/m0/s1. The second-order valence-corrected chi connectivity index (χ2v) is 4.56. The fourth-order valence-electron chi connectivity index (χ4n) is 2.81. The fourth-order valence-corrected chi connectivity index (χ4v) is 2.81. The second kappa shape index (κ2) is 3.48. The van der Waals surface area contributed by atoms with Crippen LogP contribution in [0.3, 0.4) is 0 Å². The van der Waals surface area contributed by atoms with Gasteiger partial charge in [0.1, 0.15) is 6.04 Å². The first-order valence-corrected chi connectivity index (χ1v) is 5.33. The van der Waals surface area contributed by atoms with Crippen LogP contribution in [0.2, 0.25) is 0 Å². The van der Waals surface area contributed by atoms with Crippen molar-refractivity contribution in [3.05, 3.63) is 0 Å². The summed E-state index contributed by atoms with van der Waals surface area (Å²) in [4.78, 5) is 24.3. The molecule has 2 aliphatic rings. The molecule has 0 aliphatic carbocycles. The molecule has 0 spiro atoms. The average molecular weight is 212 g/mol. The monoisotopic (exact) mass is 212 g/mol. The number of hydrogen-bond acceptors (Lipinski definition) is 3. The molecule has 2 heterocycles. The van der Waals surface area contributed by atoms with Crippen molar-refractivity contribution >= 4 is 11.9 Å². The molecule has 0 radical (unpaired) electrons. The molecule has 4 atom stereocenters. The highest BCUT2D eigenvalue weighted by molar-refractivity contribution is 5.88. The highest BCUT2D eigenvalue weighted by Gasteiger charge is 2.47. The van der Waals surface area contributed by atoms with E-state index in [2.05, 4.69) is 0 Å². The van der Waals surface area contributed by atoms with Gasteiger partial charge in [-0.2, -0.15) is 0 Å². The molecule has 84 valence electrons. The van der Waals surface area contributed by atoms with Gasteiger partial charge in [-0.15, -0.1) is 0 Å². The van der Waals surface area contributed by atoms with Crippen molar-refractivity contribution in [2.45, 2.75) is 44.3 Å². The van der Waals surface area contributed by atoms with Gasteiger partial charge < -0.3 is 15.7 Å². The Kier molecular flexibility index (Phi) is 2.42. The maximum Gasteiger partial charge on any atom is 0.326 e. The summed E-state index contributed by atoms with van der Waals surface area (Å²) in [5, 5.41) is 9.01. The molecule has 15 heavy (non-hydrogen) atoms. The predicted molar refractivity (Wildman–Crippen MR) is 53.0 cm³/mol. The zero-order chi connectivity index (χ0) is 11.2. The molecule has 0 saturated carbocycles. The van der Waals surface area contributed by atoms with Crippen LogP contribution in [0.5, 0.6) is 0 Å². The molecule has 0 aromatic rings. The summed E-state index contributed by atoms with van der Waals surface area (Å²) in [6.07, 6.45) is 2.02. The van der Waals surface area contributed by atoms with Crippen molar-refractivity contribution in [3.8, 4) is 0 Å². The minimum atomic E-state index is -0.910. The minimum Gasteiger partial charge on any atom is -0.480 e. The lowest BCUT2D eigenvalue weighted by atomic mass is 9.88. The molecule has 5 nitrogen and oxygen atoms in total. The summed E-state index contributed by atoms with van der Waals surface area (Å²) in [6, 6.07) is -1.09. The maximum atomic E-state index is 11.8. The summed E-state index contributed by atoms with van der Waals surface area (Å²) in [5.74, 6) is -0.794. The Bertz CT molecular complexity index is 305. The van der Waals surface area contributed by atoms with E-state index in [0.29, 0.717) is 18.8 Å². The van der Waals surface area contributed by atoms with Crippen LogP contribution in [0, 0.1) is 5.92 Å². The molecule has 1 amide bonds. The molecule has 0 aromatic heterocycles. The van der Waals surface area contributed by atoms with E-state index >= 15 is 0 Å². The first-order chi connectivity index (χ1) is 7.02. The van der Waals surface area contributed by atoms with Crippen LogP contribution in [0.1, 0.15) is 26.2 Å². The minimum absolute atomic E-state index is 0.0819. The normalized spacial score (nSPS) is 40.4. The van der Waals surface area contributed by atoms with E-state index in [0.717, 1.165) is 6.42 Å². The number of carboxylic acids is 1. The number of piperidine rings is 1. The second-order valence-electron chi connectivity index (χ2n) is 4.56. The first kappa shape index (κ1) is 10.4. The Morgan fingerprint density at radius 1 is 1.53 bits per heavy atom. The van der Waals surface area contributed by atoms with Gasteiger partial charge in [0.05, 0.1) is 6.04 Å². The van der Waals surface area contributed by atoms with Gasteiger partial charge in [-0.3, -0.25) is 4.79 Å². The van der Waals surface area contributed by atoms with Crippen molar-refractivity contribution in [2.24, 2.45) is 11.7 Å². The van der Waals surface area contributed by atoms with Gasteiger partial charge in [0.15, 0.2) is 0 Å². The maximum absolute atomic E-state index is 11.8. The fraction of sp³-hybridized carbons (Fsp3) is 0.800. The van der Waals surface area contributed by atoms with Crippen molar-refractivity contribution in [1.82, 2.24) is 4.90 Å². The first-order valence-electron chi connectivity index (χ1n) is 5.33. The Labute approximate surface area is 88.2 Å². The molecule has 5 heteroatoms. The molecule has 2 unspecified atom stereocenters. The third-order valence-corrected chi connectivity index (χ3v) is 3.57. The number of carbonyl (C=O) groups excluding carboxylic acids is 1. The van der Waals surface area contributed by atoms with E-state index in [1.807, 2.05) is 6.92 Å². The predicted octanol–water partition coefficient (Wildman–Crippen LogP) is -0.202. The SMILES string of the molecule is CC1C[C@H](N)C(=O)N2C1CC[C@H]2C(=O)O. The number of aliphatic carboxylic acids is 1. The number of rotatable bonds is 1. The number of carbonyl (C=O) groups is 2. The van der Waals surface area contributed by atoms with Crippen molar-refractivity contribution in [1.29, 1.82) is 0 Å². The number of nitrogens with two attached hydrogens (primary N) is 1. The van der Waals surface area contributed by atoms with Crippen molar-refractivity contribution < 1.29 is 14.7 Å². The summed E-state index contributed by atoms with van der Waals surface area (Å²) in [6.45, 7) is 2.04. The third-order valence-electron chi connectivity index (χ3n) is 3.57. The zero-order valence-electron chi connectivity index (χ0n) is 8.72. The molecule has 0 bridgehead atoms. The number of amides is 1. The van der Waals surface area contributed by atoms with Gasteiger partial charge in [0.25, 0.3) is 0 Å². The van der Waals surface area contributed by atoms with E-state index in [1.165, 1.54) is 4.90 Å². The van der Waals surface area contributed by atoms with E-state index in [-0.39, 0.29) is 11.9 Å². The summed E-state index contributed by atoms with van der Waals surface area (Å²) < 4.78 is 0. The lowest BCUT2D eigenvalue weighted by molar-refractivity contribution is -0.153. The molecule has 2 aliphatic heterocycles. The van der Waals surface area contributed by atoms with Crippen LogP contribution in [-0.2, 0) is 9.59 Å². The topological polar surface area (TPSA) is 83.6 Å². The molecule has 2 fully saturated rings. The largest absolute Gasteiger partial charge is 0.480 e. The summed E-state index contributed by atoms with van der Waals surface area (Å²) in [7, 11) is 0. The number of fused-ring (bicyclic) bond motifs is 1. The Balaban J connectivity index is 2.26. The third kappa shape index (κ3) is 1.51. The molecule has 3 N–H and O–H groups in total. The van der Waals surface area contributed by atoms with Gasteiger partial charge in [-0.05, 0) is 25.2 Å². The summed E-state index contributed by atoms with van der Waals surface area (Å²) >= 11 is 0. The van der Waals surface area contributed by atoms with Crippen LogP contribution in [0.25, 0.3) is 0 Å². The Hall–Kier alpha value is -1.10. The molecule has 2 saturated heterocycles. The van der Waals surface area contributed by atoms with E-state index in [1.54, 1.807) is 0 Å². The van der Waals surface area contributed by atoms with Crippen molar-refractivity contribution in [3.63, 3.8) is 0 Å². The average Bonchev–Trinajstić information content (AvgIpc) is 2.58. The number of nitrogens with zero attached hydrogens (tertiary/aromatic N) is 1. The zero-order valence-corrected chi connectivity index (χ0v) is 8.72. The van der Waals surface area contributed by atoms with Crippen LogP contribution in [0.4, 0.5) is 0 Å². The van der Waals surface area contributed by atoms with E-state index in [9.17, 15) is 9.59 Å².